The van der Waals surface area contributed by atoms with Gasteiger partial charge in [-0.05, 0) is 36.4 Å². The lowest BCUT2D eigenvalue weighted by molar-refractivity contribution is -0.155. The second kappa shape index (κ2) is 10.5. The van der Waals surface area contributed by atoms with Crippen molar-refractivity contribution < 1.29 is 23.9 Å². The van der Waals surface area contributed by atoms with Crippen LogP contribution in [0.25, 0.3) is 0 Å². The predicted octanol–water partition coefficient (Wildman–Crippen LogP) is 2.27. The molecule has 0 radical (unpaired) electrons. The Labute approximate surface area is 195 Å². The maximum Gasteiger partial charge on any atom is 0.329 e. The number of esters is 1. The molecule has 9 nitrogen and oxygen atoms in total. The molecule has 0 saturated carbocycles. The van der Waals surface area contributed by atoms with E-state index in [-0.39, 0.29) is 24.5 Å². The van der Waals surface area contributed by atoms with Crippen molar-refractivity contribution in [3.8, 4) is 0 Å². The molecule has 0 unspecified atom stereocenters. The van der Waals surface area contributed by atoms with Crippen LogP contribution in [0.2, 0.25) is 0 Å². The lowest BCUT2D eigenvalue weighted by Gasteiger charge is -2.34. The van der Waals surface area contributed by atoms with Crippen molar-refractivity contribution in [3.05, 3.63) is 52.7 Å². The summed E-state index contributed by atoms with van der Waals surface area (Å²) in [5, 5.41) is 4.65. The number of hydrogen-bond acceptors (Lipinski definition) is 6. The molecule has 3 heterocycles. The number of carbonyl (C=O) groups excluding carboxylic acids is 4. The number of likely N-dealkylation sites (tertiary alicyclic amines) is 1. The number of thiophene rings is 1. The summed E-state index contributed by atoms with van der Waals surface area (Å²) in [6, 6.07) is 11.8. The van der Waals surface area contributed by atoms with Crippen LogP contribution in [0.15, 0.2) is 47.8 Å². The Kier molecular flexibility index (Phi) is 7.23. The van der Waals surface area contributed by atoms with Gasteiger partial charge in [-0.15, -0.1) is 11.3 Å². The number of carbonyl (C=O) groups is 4. The first-order valence-electron chi connectivity index (χ1n) is 10.9. The Hall–Kier alpha value is -3.40. The molecule has 10 heteroatoms. The van der Waals surface area contributed by atoms with Crippen molar-refractivity contribution in [2.24, 2.45) is 0 Å². The van der Waals surface area contributed by atoms with Gasteiger partial charge in [0.25, 0.3) is 11.8 Å². The minimum absolute atomic E-state index is 0.180. The molecule has 174 valence electrons. The molecule has 1 N–H and O–H groups in total. The van der Waals surface area contributed by atoms with E-state index in [1.807, 2.05) is 35.7 Å². The molecular weight excluding hydrogens is 444 g/mol. The molecule has 33 heavy (non-hydrogen) atoms. The molecule has 1 aromatic heterocycles. The highest BCUT2D eigenvalue weighted by Crippen LogP contribution is 2.23. The first-order chi connectivity index (χ1) is 16.0. The second-order valence-electron chi connectivity index (χ2n) is 7.91. The number of benzene rings is 1. The van der Waals surface area contributed by atoms with Crippen molar-refractivity contribution in [2.45, 2.75) is 18.9 Å². The van der Waals surface area contributed by atoms with Gasteiger partial charge >= 0.3 is 12.0 Å². The van der Waals surface area contributed by atoms with Gasteiger partial charge in [-0.3, -0.25) is 9.59 Å². The van der Waals surface area contributed by atoms with E-state index in [9.17, 15) is 19.2 Å². The Morgan fingerprint density at radius 2 is 1.67 bits per heavy atom. The third kappa shape index (κ3) is 5.51. The minimum Gasteiger partial charge on any atom is -0.454 e. The van der Waals surface area contributed by atoms with E-state index in [4.69, 9.17) is 4.74 Å². The largest absolute Gasteiger partial charge is 0.454 e. The summed E-state index contributed by atoms with van der Waals surface area (Å²) in [7, 11) is 0. The number of nitrogens with zero attached hydrogens (tertiary/aromatic N) is 3. The van der Waals surface area contributed by atoms with Gasteiger partial charge in [-0.25, -0.2) is 9.59 Å². The molecule has 2 aliphatic heterocycles. The van der Waals surface area contributed by atoms with E-state index in [1.165, 1.54) is 16.2 Å². The van der Waals surface area contributed by atoms with Crippen molar-refractivity contribution in [1.82, 2.24) is 14.7 Å². The van der Waals surface area contributed by atoms with Gasteiger partial charge in [0.2, 0.25) is 0 Å². The molecule has 0 spiro atoms. The SMILES string of the molecule is O=C(OCC(=O)N1CCN(C(=O)Nc2ccccc2)CC1)[C@@H]1CCCN1C(=O)c1cccs1. The molecule has 4 rings (SSSR count). The summed E-state index contributed by atoms with van der Waals surface area (Å²) in [6.07, 6.45) is 1.25. The number of rotatable bonds is 5. The van der Waals surface area contributed by atoms with Crippen LogP contribution < -0.4 is 5.32 Å². The van der Waals surface area contributed by atoms with Crippen molar-refractivity contribution >= 4 is 40.8 Å². The first-order valence-corrected chi connectivity index (χ1v) is 11.8. The summed E-state index contributed by atoms with van der Waals surface area (Å²) >= 11 is 1.33. The zero-order valence-corrected chi connectivity index (χ0v) is 19.0. The molecule has 1 atom stereocenters. The van der Waals surface area contributed by atoms with Crippen molar-refractivity contribution in [2.75, 3.05) is 44.6 Å². The van der Waals surface area contributed by atoms with Crippen LogP contribution in [0.5, 0.6) is 0 Å². The van der Waals surface area contributed by atoms with Gasteiger partial charge in [0.15, 0.2) is 6.61 Å². The van der Waals surface area contributed by atoms with Gasteiger partial charge in [-0.2, -0.15) is 0 Å². The summed E-state index contributed by atoms with van der Waals surface area (Å²) in [5.74, 6) is -1.03. The fraction of sp³-hybridized carbons (Fsp3) is 0.391. The lowest BCUT2D eigenvalue weighted by atomic mass is 10.2. The Balaban J connectivity index is 1.22. The molecular formula is C23H26N4O5S. The monoisotopic (exact) mass is 470 g/mol. The van der Waals surface area contributed by atoms with Crippen molar-refractivity contribution in [1.29, 1.82) is 0 Å². The van der Waals surface area contributed by atoms with Gasteiger partial charge in [-0.1, -0.05) is 24.3 Å². The fourth-order valence-electron chi connectivity index (χ4n) is 4.00. The van der Waals surface area contributed by atoms with Gasteiger partial charge in [0.05, 0.1) is 4.88 Å². The number of para-hydroxylation sites is 1. The molecule has 4 amide bonds. The van der Waals surface area contributed by atoms with E-state index in [0.717, 1.165) is 6.42 Å². The van der Waals surface area contributed by atoms with E-state index < -0.39 is 12.0 Å². The van der Waals surface area contributed by atoms with Crippen LogP contribution >= 0.6 is 11.3 Å². The highest BCUT2D eigenvalue weighted by atomic mass is 32.1. The Morgan fingerprint density at radius 3 is 2.36 bits per heavy atom. The summed E-state index contributed by atoms with van der Waals surface area (Å²) < 4.78 is 5.28. The number of amides is 4. The quantitative estimate of drug-likeness (QED) is 0.676. The zero-order valence-electron chi connectivity index (χ0n) is 18.1. The van der Waals surface area contributed by atoms with Gasteiger partial charge in [0, 0.05) is 38.4 Å². The smallest absolute Gasteiger partial charge is 0.329 e. The summed E-state index contributed by atoms with van der Waals surface area (Å²) in [5.41, 5.74) is 0.714. The number of ether oxygens (including phenoxy) is 1. The van der Waals surface area contributed by atoms with Crippen LogP contribution in [0.4, 0.5) is 10.5 Å². The fourth-order valence-corrected chi connectivity index (χ4v) is 4.68. The lowest BCUT2D eigenvalue weighted by Crippen LogP contribution is -2.52. The molecule has 2 fully saturated rings. The normalized spacial score (nSPS) is 18.2. The number of piperazine rings is 1. The molecule has 2 aromatic rings. The summed E-state index contributed by atoms with van der Waals surface area (Å²) in [6.45, 7) is 1.65. The first kappa shape index (κ1) is 22.8. The highest BCUT2D eigenvalue weighted by Gasteiger charge is 2.36. The maximum atomic E-state index is 12.6. The van der Waals surface area contributed by atoms with Crippen LogP contribution in [-0.4, -0.2) is 83.9 Å². The number of nitrogens with one attached hydrogen (secondary N) is 1. The number of hydrogen-bond donors (Lipinski definition) is 1. The van der Waals surface area contributed by atoms with Crippen molar-refractivity contribution in [3.63, 3.8) is 0 Å². The van der Waals surface area contributed by atoms with E-state index in [0.29, 0.717) is 49.7 Å². The molecule has 2 aliphatic rings. The average molecular weight is 471 g/mol. The van der Waals surface area contributed by atoms with E-state index in [1.54, 1.807) is 21.9 Å². The number of urea groups is 1. The highest BCUT2D eigenvalue weighted by molar-refractivity contribution is 7.12. The molecule has 2 saturated heterocycles. The van der Waals surface area contributed by atoms with E-state index >= 15 is 0 Å². The molecule has 0 bridgehead atoms. The van der Waals surface area contributed by atoms with Crippen LogP contribution in [-0.2, 0) is 14.3 Å². The van der Waals surface area contributed by atoms with Gasteiger partial charge < -0.3 is 24.8 Å². The van der Waals surface area contributed by atoms with Gasteiger partial charge in [0.1, 0.15) is 6.04 Å². The summed E-state index contributed by atoms with van der Waals surface area (Å²) in [4.78, 5) is 55.5. The Bertz CT molecular complexity index is 990. The maximum absolute atomic E-state index is 12.6. The molecule has 1 aromatic carbocycles. The standard InChI is InChI=1S/C23H26N4O5S/c28-20(25-11-13-26(14-12-25)23(31)24-17-6-2-1-3-7-17)16-32-22(30)18-8-4-10-27(18)21(29)19-9-5-15-33-19/h1-3,5-7,9,15,18H,4,8,10-14,16H2,(H,24,31)/t18-/m0/s1. The minimum atomic E-state index is -0.661. The average Bonchev–Trinajstić information content (AvgIpc) is 3.55. The van der Waals surface area contributed by atoms with Crippen LogP contribution in [0, 0.1) is 0 Å². The van der Waals surface area contributed by atoms with E-state index in [2.05, 4.69) is 5.32 Å². The Morgan fingerprint density at radius 1 is 0.939 bits per heavy atom. The second-order valence-corrected chi connectivity index (χ2v) is 8.85. The topological polar surface area (TPSA) is 99.3 Å². The van der Waals surface area contributed by atoms with Crippen LogP contribution in [0.1, 0.15) is 22.5 Å². The van der Waals surface area contributed by atoms with Crippen LogP contribution in [0.3, 0.4) is 0 Å². The third-order valence-corrected chi connectivity index (χ3v) is 6.66. The predicted molar refractivity (Wildman–Crippen MR) is 123 cm³/mol. The third-order valence-electron chi connectivity index (χ3n) is 5.80. The molecule has 0 aliphatic carbocycles. The zero-order chi connectivity index (χ0) is 23.2. The number of anilines is 1.